The Hall–Kier alpha value is -0.893. The zero-order valence-corrected chi connectivity index (χ0v) is 7.55. The molecule has 0 saturated heterocycles. The van der Waals surface area contributed by atoms with Gasteiger partial charge in [0.05, 0.1) is 0 Å². The maximum atomic E-state index is 13.6. The van der Waals surface area contributed by atoms with Crippen LogP contribution in [0.15, 0.2) is 42.6 Å². The first-order valence-electron chi connectivity index (χ1n) is 3.55. The van der Waals surface area contributed by atoms with Crippen molar-refractivity contribution < 1.29 is 4.11 Å². The molecule has 58 valence electrons. The standard InChI is InChI=1S/C9H11FSi/c1-3-11(2,10)9-7-5-4-6-8-9/h3-8H,1H2,2H3. The predicted octanol–water partition coefficient (Wildman–Crippen LogP) is 2.16. The molecule has 0 aliphatic heterocycles. The van der Waals surface area contributed by atoms with E-state index in [4.69, 9.17) is 0 Å². The zero-order chi connectivity index (χ0) is 8.32. The van der Waals surface area contributed by atoms with Crippen molar-refractivity contribution in [3.05, 3.63) is 42.6 Å². The highest BCUT2D eigenvalue weighted by Gasteiger charge is 2.25. The minimum Gasteiger partial charge on any atom is -0.303 e. The van der Waals surface area contributed by atoms with E-state index in [1.807, 2.05) is 30.3 Å². The van der Waals surface area contributed by atoms with E-state index >= 15 is 0 Å². The van der Waals surface area contributed by atoms with Gasteiger partial charge in [-0.2, -0.15) is 0 Å². The topological polar surface area (TPSA) is 0 Å². The highest BCUT2D eigenvalue weighted by molar-refractivity contribution is 6.89. The monoisotopic (exact) mass is 166 g/mol. The summed E-state index contributed by atoms with van der Waals surface area (Å²) >= 11 is 0. The lowest BCUT2D eigenvalue weighted by Crippen LogP contribution is -2.37. The molecule has 0 amide bonds. The van der Waals surface area contributed by atoms with Crippen molar-refractivity contribution in [1.82, 2.24) is 0 Å². The first kappa shape index (κ1) is 8.21. The Morgan fingerprint density at radius 3 is 2.36 bits per heavy atom. The molecule has 0 spiro atoms. The van der Waals surface area contributed by atoms with Crippen LogP contribution in [0.25, 0.3) is 0 Å². The Balaban J connectivity index is 3.02. The number of hydrogen-bond acceptors (Lipinski definition) is 0. The molecule has 2 heteroatoms. The summed E-state index contributed by atoms with van der Waals surface area (Å²) in [4.78, 5) is 0. The summed E-state index contributed by atoms with van der Waals surface area (Å²) in [6.45, 7) is 5.13. The fraction of sp³-hybridized carbons (Fsp3) is 0.111. The van der Waals surface area contributed by atoms with E-state index in [1.165, 1.54) is 5.70 Å². The van der Waals surface area contributed by atoms with Crippen LogP contribution in [-0.4, -0.2) is 8.41 Å². The van der Waals surface area contributed by atoms with Gasteiger partial charge < -0.3 is 4.11 Å². The molecule has 0 fully saturated rings. The molecule has 0 saturated carbocycles. The van der Waals surface area contributed by atoms with Crippen LogP contribution in [0.3, 0.4) is 0 Å². The molecule has 0 nitrogen and oxygen atoms in total. The molecule has 0 aliphatic rings. The molecular weight excluding hydrogens is 155 g/mol. The second kappa shape index (κ2) is 3.01. The second-order valence-electron chi connectivity index (χ2n) is 2.65. The maximum Gasteiger partial charge on any atom is 0.297 e. The summed E-state index contributed by atoms with van der Waals surface area (Å²) < 4.78 is 13.6. The van der Waals surface area contributed by atoms with Crippen LogP contribution in [0, 0.1) is 0 Å². The van der Waals surface area contributed by atoms with Gasteiger partial charge in [-0.1, -0.05) is 36.0 Å². The largest absolute Gasteiger partial charge is 0.303 e. The van der Waals surface area contributed by atoms with Gasteiger partial charge in [0.25, 0.3) is 8.41 Å². The van der Waals surface area contributed by atoms with E-state index < -0.39 is 8.41 Å². The molecule has 0 radical (unpaired) electrons. The molecule has 1 unspecified atom stereocenters. The first-order chi connectivity index (χ1) is 5.17. The molecule has 0 aliphatic carbocycles. The van der Waals surface area contributed by atoms with Crippen molar-refractivity contribution in [2.24, 2.45) is 0 Å². The van der Waals surface area contributed by atoms with Crippen molar-refractivity contribution in [2.45, 2.75) is 6.55 Å². The normalized spacial score (nSPS) is 15.5. The fourth-order valence-electron chi connectivity index (χ4n) is 0.882. The van der Waals surface area contributed by atoms with Crippen LogP contribution in [0.4, 0.5) is 4.11 Å². The van der Waals surface area contributed by atoms with E-state index in [-0.39, 0.29) is 0 Å². The van der Waals surface area contributed by atoms with Crippen LogP contribution < -0.4 is 5.19 Å². The fourth-order valence-corrected chi connectivity index (χ4v) is 1.96. The Kier molecular flexibility index (Phi) is 2.24. The van der Waals surface area contributed by atoms with Gasteiger partial charge in [-0.3, -0.25) is 0 Å². The third-order valence-electron chi connectivity index (χ3n) is 1.72. The van der Waals surface area contributed by atoms with Crippen molar-refractivity contribution in [3.8, 4) is 0 Å². The average Bonchev–Trinajstić information content (AvgIpc) is 2.06. The summed E-state index contributed by atoms with van der Waals surface area (Å²) in [5.41, 5.74) is 1.45. The SMILES string of the molecule is C=C[Si](C)(F)c1ccccc1. The summed E-state index contributed by atoms with van der Waals surface area (Å²) in [6, 6.07) is 9.21. The third-order valence-corrected chi connectivity index (χ3v) is 3.95. The van der Waals surface area contributed by atoms with Crippen LogP contribution in [-0.2, 0) is 0 Å². The Morgan fingerprint density at radius 1 is 1.36 bits per heavy atom. The van der Waals surface area contributed by atoms with Gasteiger partial charge in [-0.05, 0) is 11.7 Å². The second-order valence-corrected chi connectivity index (χ2v) is 5.78. The van der Waals surface area contributed by atoms with Crippen LogP contribution >= 0.6 is 0 Å². The molecule has 11 heavy (non-hydrogen) atoms. The summed E-state index contributed by atoms with van der Waals surface area (Å²) in [5.74, 6) is 0. The van der Waals surface area contributed by atoms with Gasteiger partial charge in [0, 0.05) is 0 Å². The molecule has 0 aromatic heterocycles. The highest BCUT2D eigenvalue weighted by Crippen LogP contribution is 2.05. The van der Waals surface area contributed by atoms with Crippen LogP contribution in [0.5, 0.6) is 0 Å². The predicted molar refractivity (Wildman–Crippen MR) is 49.0 cm³/mol. The van der Waals surface area contributed by atoms with Crippen molar-refractivity contribution in [1.29, 1.82) is 0 Å². The minimum atomic E-state index is -2.79. The molecule has 0 N–H and O–H groups in total. The smallest absolute Gasteiger partial charge is 0.297 e. The van der Waals surface area contributed by atoms with Crippen molar-refractivity contribution in [2.75, 3.05) is 0 Å². The van der Waals surface area contributed by atoms with E-state index in [2.05, 4.69) is 6.58 Å². The minimum absolute atomic E-state index is 0.787. The van der Waals surface area contributed by atoms with E-state index in [0.717, 1.165) is 5.19 Å². The molecule has 1 rings (SSSR count). The van der Waals surface area contributed by atoms with Crippen molar-refractivity contribution >= 4 is 13.6 Å². The quantitative estimate of drug-likeness (QED) is 0.466. The molecule has 0 heterocycles. The first-order valence-corrected chi connectivity index (χ1v) is 6.00. The van der Waals surface area contributed by atoms with E-state index in [9.17, 15) is 4.11 Å². The van der Waals surface area contributed by atoms with E-state index in [0.29, 0.717) is 0 Å². The van der Waals surface area contributed by atoms with E-state index in [1.54, 1.807) is 6.55 Å². The molecular formula is C9H11FSi. The lowest BCUT2D eigenvalue weighted by atomic mass is 10.4. The Labute approximate surface area is 67.6 Å². The number of rotatable bonds is 2. The molecule has 0 bridgehead atoms. The summed E-state index contributed by atoms with van der Waals surface area (Å²) in [7, 11) is -2.79. The maximum absolute atomic E-state index is 13.6. The Bertz CT molecular complexity index is 241. The number of halogens is 1. The van der Waals surface area contributed by atoms with Gasteiger partial charge in [0.15, 0.2) is 0 Å². The van der Waals surface area contributed by atoms with Gasteiger partial charge >= 0.3 is 0 Å². The molecule has 1 atom stereocenters. The van der Waals surface area contributed by atoms with Gasteiger partial charge in [0.1, 0.15) is 0 Å². The Morgan fingerprint density at radius 2 is 1.91 bits per heavy atom. The van der Waals surface area contributed by atoms with Gasteiger partial charge in [-0.25, -0.2) is 0 Å². The summed E-state index contributed by atoms with van der Waals surface area (Å²) in [6.07, 6.45) is 0. The molecule has 1 aromatic carbocycles. The van der Waals surface area contributed by atoms with Gasteiger partial charge in [0.2, 0.25) is 0 Å². The highest BCUT2D eigenvalue weighted by atomic mass is 28.4. The summed E-state index contributed by atoms with van der Waals surface area (Å²) in [5, 5.41) is 0.787. The number of benzene rings is 1. The zero-order valence-electron chi connectivity index (χ0n) is 6.55. The third kappa shape index (κ3) is 1.77. The average molecular weight is 166 g/mol. The number of hydrogen-bond donors (Lipinski definition) is 0. The van der Waals surface area contributed by atoms with Crippen molar-refractivity contribution in [3.63, 3.8) is 0 Å². The van der Waals surface area contributed by atoms with Crippen LogP contribution in [0.2, 0.25) is 6.55 Å². The van der Waals surface area contributed by atoms with Gasteiger partial charge in [-0.15, -0.1) is 6.58 Å². The lowest BCUT2D eigenvalue weighted by molar-refractivity contribution is 0.831. The lowest BCUT2D eigenvalue weighted by Gasteiger charge is -2.11. The van der Waals surface area contributed by atoms with Crippen LogP contribution in [0.1, 0.15) is 0 Å². The molecule has 1 aromatic rings.